The fourth-order valence-electron chi connectivity index (χ4n) is 1.97. The van der Waals surface area contributed by atoms with Crippen molar-refractivity contribution in [3.63, 3.8) is 0 Å². The first kappa shape index (κ1) is 22.2. The third-order valence-corrected chi connectivity index (χ3v) is 3.32. The summed E-state index contributed by atoms with van der Waals surface area (Å²) >= 11 is 0. The SMILES string of the molecule is C=CC(O)C#CC#C[C@@H](OC(C)=O)[C@H](O)[C@H](O)CCCCCCC. The second-order valence-electron chi connectivity index (χ2n) is 5.51. The van der Waals surface area contributed by atoms with Crippen molar-refractivity contribution in [2.45, 2.75) is 76.8 Å². The van der Waals surface area contributed by atoms with Crippen LogP contribution in [0.5, 0.6) is 0 Å². The molecule has 5 heteroatoms. The van der Waals surface area contributed by atoms with Gasteiger partial charge in [-0.25, -0.2) is 0 Å². The first-order valence-electron chi connectivity index (χ1n) is 8.27. The molecule has 1 unspecified atom stereocenters. The number of carbonyl (C=O) groups is 1. The molecule has 0 saturated carbocycles. The molecule has 0 aromatic rings. The summed E-state index contributed by atoms with van der Waals surface area (Å²) in [4.78, 5) is 11.1. The average Bonchev–Trinajstić information content (AvgIpc) is 2.55. The van der Waals surface area contributed by atoms with Gasteiger partial charge < -0.3 is 20.1 Å². The van der Waals surface area contributed by atoms with E-state index in [-0.39, 0.29) is 0 Å². The summed E-state index contributed by atoms with van der Waals surface area (Å²) in [6.45, 7) is 6.69. The van der Waals surface area contributed by atoms with E-state index < -0.39 is 30.4 Å². The Morgan fingerprint density at radius 3 is 2.33 bits per heavy atom. The van der Waals surface area contributed by atoms with Gasteiger partial charge in [-0.05, 0) is 24.2 Å². The van der Waals surface area contributed by atoms with Crippen LogP contribution in [0.25, 0.3) is 0 Å². The third kappa shape index (κ3) is 10.9. The van der Waals surface area contributed by atoms with E-state index in [0.717, 1.165) is 32.1 Å². The smallest absolute Gasteiger partial charge is 0.303 e. The minimum Gasteiger partial charge on any atom is -0.446 e. The number of hydrogen-bond donors (Lipinski definition) is 3. The van der Waals surface area contributed by atoms with E-state index in [9.17, 15) is 20.1 Å². The van der Waals surface area contributed by atoms with Crippen molar-refractivity contribution in [1.82, 2.24) is 0 Å². The monoisotopic (exact) mass is 336 g/mol. The van der Waals surface area contributed by atoms with Gasteiger partial charge in [0.1, 0.15) is 12.2 Å². The zero-order chi connectivity index (χ0) is 18.4. The minimum absolute atomic E-state index is 0.408. The molecular weight excluding hydrogens is 308 g/mol. The normalized spacial score (nSPS) is 14.9. The van der Waals surface area contributed by atoms with Crippen LogP contribution in [0.3, 0.4) is 0 Å². The summed E-state index contributed by atoms with van der Waals surface area (Å²) in [6, 6.07) is 0. The summed E-state index contributed by atoms with van der Waals surface area (Å²) in [6.07, 6.45) is 2.29. The zero-order valence-electron chi connectivity index (χ0n) is 14.5. The molecule has 0 radical (unpaired) electrons. The lowest BCUT2D eigenvalue weighted by atomic mass is 10.0. The number of aliphatic hydroxyl groups excluding tert-OH is 3. The molecule has 0 heterocycles. The van der Waals surface area contributed by atoms with Crippen LogP contribution in [0.15, 0.2) is 12.7 Å². The fraction of sp³-hybridized carbons (Fsp3) is 0.632. The van der Waals surface area contributed by atoms with Gasteiger partial charge in [-0.2, -0.15) is 0 Å². The molecule has 134 valence electrons. The van der Waals surface area contributed by atoms with Gasteiger partial charge in [0, 0.05) is 6.92 Å². The van der Waals surface area contributed by atoms with Gasteiger partial charge in [-0.1, -0.05) is 57.6 Å². The van der Waals surface area contributed by atoms with Crippen molar-refractivity contribution in [2.75, 3.05) is 0 Å². The molecule has 24 heavy (non-hydrogen) atoms. The van der Waals surface area contributed by atoms with Gasteiger partial charge in [0.05, 0.1) is 6.10 Å². The van der Waals surface area contributed by atoms with E-state index >= 15 is 0 Å². The molecule has 4 atom stereocenters. The molecule has 0 rings (SSSR count). The first-order valence-corrected chi connectivity index (χ1v) is 8.27. The molecule has 0 amide bonds. The van der Waals surface area contributed by atoms with Crippen LogP contribution < -0.4 is 0 Å². The molecule has 0 aliphatic carbocycles. The van der Waals surface area contributed by atoms with Gasteiger partial charge in [-0.3, -0.25) is 4.79 Å². The standard InChI is InChI=1S/C19H28O5/c1-4-6-7-8-9-13-17(22)19(23)18(24-15(3)20)14-11-10-12-16(21)5-2/h5,16-19,21-23H,2,4,6-9,13H2,1,3H3/t16?,17-,18-,19-/m1/s1. The number of ether oxygens (including phenoxy) is 1. The van der Waals surface area contributed by atoms with Crippen LogP contribution in [0.4, 0.5) is 0 Å². The maximum absolute atomic E-state index is 11.1. The Bertz CT molecular complexity index is 491. The number of rotatable bonds is 10. The van der Waals surface area contributed by atoms with Gasteiger partial charge >= 0.3 is 5.97 Å². The zero-order valence-corrected chi connectivity index (χ0v) is 14.5. The highest BCUT2D eigenvalue weighted by atomic mass is 16.6. The second kappa shape index (κ2) is 13.6. The van der Waals surface area contributed by atoms with Crippen molar-refractivity contribution in [1.29, 1.82) is 0 Å². The lowest BCUT2D eigenvalue weighted by Gasteiger charge is -2.22. The minimum atomic E-state index is -1.31. The van der Waals surface area contributed by atoms with E-state index in [1.807, 2.05) is 0 Å². The Morgan fingerprint density at radius 1 is 1.12 bits per heavy atom. The summed E-state index contributed by atoms with van der Waals surface area (Å²) in [7, 11) is 0. The maximum Gasteiger partial charge on any atom is 0.303 e. The van der Waals surface area contributed by atoms with E-state index in [1.54, 1.807) is 0 Å². The molecule has 0 spiro atoms. The molecule has 3 N–H and O–H groups in total. The Kier molecular flexibility index (Phi) is 12.6. The predicted molar refractivity (Wildman–Crippen MR) is 92.7 cm³/mol. The molecule has 0 aromatic carbocycles. The Hall–Kier alpha value is -1.79. The quantitative estimate of drug-likeness (QED) is 0.244. The molecule has 0 saturated heterocycles. The van der Waals surface area contributed by atoms with Crippen LogP contribution in [-0.2, 0) is 9.53 Å². The highest BCUT2D eigenvalue weighted by Crippen LogP contribution is 2.13. The molecular formula is C19H28O5. The van der Waals surface area contributed by atoms with Crippen molar-refractivity contribution < 1.29 is 24.9 Å². The molecule has 0 aromatic heterocycles. The van der Waals surface area contributed by atoms with E-state index in [1.165, 1.54) is 13.0 Å². The van der Waals surface area contributed by atoms with Crippen LogP contribution in [0.2, 0.25) is 0 Å². The van der Waals surface area contributed by atoms with E-state index in [0.29, 0.717) is 6.42 Å². The highest BCUT2D eigenvalue weighted by molar-refractivity contribution is 5.66. The lowest BCUT2D eigenvalue weighted by molar-refractivity contribution is -0.152. The van der Waals surface area contributed by atoms with Crippen molar-refractivity contribution >= 4 is 5.97 Å². The largest absolute Gasteiger partial charge is 0.446 e. The molecule has 0 aliphatic heterocycles. The second-order valence-corrected chi connectivity index (χ2v) is 5.51. The van der Waals surface area contributed by atoms with Gasteiger partial charge in [-0.15, -0.1) is 0 Å². The summed E-state index contributed by atoms with van der Waals surface area (Å²) < 4.78 is 4.94. The molecule has 5 nitrogen and oxygen atoms in total. The average molecular weight is 336 g/mol. The Morgan fingerprint density at radius 2 is 1.75 bits per heavy atom. The van der Waals surface area contributed by atoms with Gasteiger partial charge in [0.2, 0.25) is 0 Å². The van der Waals surface area contributed by atoms with Crippen LogP contribution in [0, 0.1) is 23.7 Å². The number of carbonyl (C=O) groups excluding carboxylic acids is 1. The van der Waals surface area contributed by atoms with Crippen molar-refractivity contribution in [3.05, 3.63) is 12.7 Å². The van der Waals surface area contributed by atoms with Crippen LogP contribution in [-0.4, -0.2) is 45.7 Å². The van der Waals surface area contributed by atoms with Gasteiger partial charge in [0.25, 0.3) is 0 Å². The summed E-state index contributed by atoms with van der Waals surface area (Å²) in [5.41, 5.74) is 0. The molecule has 0 aliphatic rings. The number of unbranched alkanes of at least 4 members (excludes halogenated alkanes) is 4. The highest BCUT2D eigenvalue weighted by Gasteiger charge is 2.27. The van der Waals surface area contributed by atoms with Crippen LogP contribution >= 0.6 is 0 Å². The number of hydrogen-bond acceptors (Lipinski definition) is 5. The summed E-state index contributed by atoms with van der Waals surface area (Å²) in [5.74, 6) is 9.08. The van der Waals surface area contributed by atoms with E-state index in [2.05, 4.69) is 37.2 Å². The third-order valence-electron chi connectivity index (χ3n) is 3.32. The first-order chi connectivity index (χ1) is 11.4. The predicted octanol–water partition coefficient (Wildman–Crippen LogP) is 1.55. The van der Waals surface area contributed by atoms with Crippen molar-refractivity contribution in [2.24, 2.45) is 0 Å². The number of aliphatic hydroxyl groups is 3. The van der Waals surface area contributed by atoms with E-state index in [4.69, 9.17) is 4.74 Å². The Labute approximate surface area is 144 Å². The lowest BCUT2D eigenvalue weighted by Crippen LogP contribution is -2.39. The summed E-state index contributed by atoms with van der Waals surface area (Å²) in [5, 5.41) is 29.4. The number of esters is 1. The van der Waals surface area contributed by atoms with Crippen molar-refractivity contribution in [3.8, 4) is 23.7 Å². The maximum atomic E-state index is 11.1. The molecule has 0 fully saturated rings. The fourth-order valence-corrected chi connectivity index (χ4v) is 1.97. The van der Waals surface area contributed by atoms with Gasteiger partial charge in [0.15, 0.2) is 6.10 Å². The Balaban J connectivity index is 4.65. The topological polar surface area (TPSA) is 87.0 Å². The molecule has 0 bridgehead atoms. The van der Waals surface area contributed by atoms with Crippen LogP contribution in [0.1, 0.15) is 52.4 Å².